The van der Waals surface area contributed by atoms with E-state index in [4.69, 9.17) is 4.55 Å². The van der Waals surface area contributed by atoms with Gasteiger partial charge in [0.05, 0.1) is 31.3 Å². The number of nitrogens with zero attached hydrogens (tertiary/aromatic N) is 1. The molecule has 0 aliphatic carbocycles. The van der Waals surface area contributed by atoms with Gasteiger partial charge in [0.1, 0.15) is 17.7 Å². The van der Waals surface area contributed by atoms with Crippen LogP contribution in [0.25, 0.3) is 10.8 Å². The van der Waals surface area contributed by atoms with Crippen LogP contribution in [-0.2, 0) is 45.1 Å². The second kappa shape index (κ2) is 7.98. The van der Waals surface area contributed by atoms with Crippen molar-refractivity contribution < 1.29 is 42.7 Å². The van der Waals surface area contributed by atoms with E-state index in [0.29, 0.717) is 35.0 Å². The minimum atomic E-state index is -4.22. The molecule has 2 aromatic rings. The maximum atomic E-state index is 12.4. The summed E-state index contributed by atoms with van der Waals surface area (Å²) in [4.78, 5) is -0.628. The minimum absolute atomic E-state index is 0.175. The van der Waals surface area contributed by atoms with E-state index in [1.54, 1.807) is 16.9 Å². The van der Waals surface area contributed by atoms with E-state index >= 15 is 0 Å². The molecule has 30 heavy (non-hydrogen) atoms. The van der Waals surface area contributed by atoms with Crippen LogP contribution in [0.4, 0.5) is 5.69 Å². The molecule has 1 aliphatic heterocycles. The van der Waals surface area contributed by atoms with Crippen molar-refractivity contribution in [3.8, 4) is 0 Å². The molecular formula is C17H20NO9S3+. The molecule has 1 aliphatic rings. The smallest absolute Gasteiger partial charge is 0.286 e. The minimum Gasteiger partial charge on any atom is -0.286 e. The molecule has 0 radical (unpaired) electrons. The zero-order valence-electron chi connectivity index (χ0n) is 16.1. The van der Waals surface area contributed by atoms with Crippen molar-refractivity contribution in [1.82, 2.24) is 0 Å². The molecule has 13 heteroatoms. The van der Waals surface area contributed by atoms with Gasteiger partial charge in [-0.3, -0.25) is 12.9 Å². The van der Waals surface area contributed by atoms with Gasteiger partial charge >= 0.3 is 0 Å². The number of hydrogen-bond acceptors (Lipinski definition) is 8. The van der Waals surface area contributed by atoms with Crippen LogP contribution in [0, 0.1) is 0 Å². The first kappa shape index (κ1) is 22.8. The lowest BCUT2D eigenvalue weighted by Gasteiger charge is -2.12. The Kier molecular flexibility index (Phi) is 6.06. The molecule has 2 aromatic carbocycles. The maximum Gasteiger partial charge on any atom is 0.297 e. The Bertz CT molecular complexity index is 1360. The molecule has 1 N–H and O–H groups in total. The fourth-order valence-corrected chi connectivity index (χ4v) is 5.56. The summed E-state index contributed by atoms with van der Waals surface area (Å²) in [6, 6.07) is 5.55. The predicted octanol–water partition coefficient (Wildman–Crippen LogP) is 1.06. The molecule has 0 atom stereocenters. The quantitative estimate of drug-likeness (QED) is 0.334. The van der Waals surface area contributed by atoms with E-state index in [1.807, 2.05) is 0 Å². The van der Waals surface area contributed by atoms with Gasteiger partial charge in [0.15, 0.2) is 0 Å². The van der Waals surface area contributed by atoms with Crippen molar-refractivity contribution in [1.29, 1.82) is 0 Å². The summed E-state index contributed by atoms with van der Waals surface area (Å²) in [5.74, 6) is -0.396. The average molecular weight is 479 g/mol. The van der Waals surface area contributed by atoms with Gasteiger partial charge in [-0.2, -0.15) is 25.3 Å². The van der Waals surface area contributed by atoms with E-state index in [0.717, 1.165) is 20.3 Å². The summed E-state index contributed by atoms with van der Waals surface area (Å²) in [7, 11) is -10.5. The lowest BCUT2D eigenvalue weighted by Crippen LogP contribution is -2.12. The Morgan fingerprint density at radius 3 is 2.23 bits per heavy atom. The monoisotopic (exact) mass is 478 g/mol. The highest BCUT2D eigenvalue weighted by atomic mass is 32.2. The molecule has 1 heterocycles. The molecule has 0 aromatic heterocycles. The highest BCUT2D eigenvalue weighted by molar-refractivity contribution is 7.87. The topological polar surface area (TPSA) is 144 Å². The van der Waals surface area contributed by atoms with Crippen molar-refractivity contribution in [2.45, 2.75) is 22.6 Å². The van der Waals surface area contributed by atoms with Gasteiger partial charge in [-0.1, -0.05) is 0 Å². The normalized spacial score (nSPS) is 14.7. The molecule has 164 valence electrons. The second-order valence-electron chi connectivity index (χ2n) is 6.54. The molecule has 0 spiro atoms. The molecule has 0 amide bonds. The fraction of sp³-hybridized carbons (Fsp3) is 0.353. The van der Waals surface area contributed by atoms with E-state index < -0.39 is 36.1 Å². The highest BCUT2D eigenvalue weighted by Gasteiger charge is 2.29. The predicted molar refractivity (Wildman–Crippen MR) is 108 cm³/mol. The summed E-state index contributed by atoms with van der Waals surface area (Å²) >= 11 is 0. The molecule has 0 unspecified atom stereocenters. The van der Waals surface area contributed by atoms with Crippen molar-refractivity contribution in [2.75, 3.05) is 26.5 Å². The van der Waals surface area contributed by atoms with Crippen LogP contribution >= 0.6 is 0 Å². The molecule has 0 fully saturated rings. The third-order valence-electron chi connectivity index (χ3n) is 4.78. The molecule has 0 bridgehead atoms. The fourth-order valence-electron chi connectivity index (χ4n) is 3.37. The zero-order chi connectivity index (χ0) is 22.3. The van der Waals surface area contributed by atoms with Gasteiger partial charge in [0.25, 0.3) is 30.4 Å². The van der Waals surface area contributed by atoms with Gasteiger partial charge in [-0.25, -0.2) is 4.58 Å². The van der Waals surface area contributed by atoms with E-state index in [1.165, 1.54) is 12.1 Å². The molecule has 0 saturated carbocycles. The van der Waals surface area contributed by atoms with Gasteiger partial charge in [0, 0.05) is 23.4 Å². The number of benzene rings is 2. The van der Waals surface area contributed by atoms with Crippen LogP contribution in [0.15, 0.2) is 34.1 Å². The van der Waals surface area contributed by atoms with Crippen LogP contribution in [0.1, 0.15) is 12.0 Å². The van der Waals surface area contributed by atoms with Crippen molar-refractivity contribution in [2.24, 2.45) is 0 Å². The van der Waals surface area contributed by atoms with Crippen LogP contribution in [-0.4, -0.2) is 67.1 Å². The zero-order valence-corrected chi connectivity index (χ0v) is 18.5. The lowest BCUT2D eigenvalue weighted by atomic mass is 10.0. The summed E-state index contributed by atoms with van der Waals surface area (Å²) in [5, 5.41) is 0.689. The summed E-state index contributed by atoms with van der Waals surface area (Å²) in [6.07, 6.45) is 2.34. The van der Waals surface area contributed by atoms with Gasteiger partial charge in [0.2, 0.25) is 5.69 Å². The Balaban J connectivity index is 2.17. The molecular weight excluding hydrogens is 458 g/mol. The van der Waals surface area contributed by atoms with Gasteiger partial charge in [-0.05, 0) is 23.6 Å². The number of fused-ring (bicyclic) bond motifs is 3. The van der Waals surface area contributed by atoms with Crippen LogP contribution in [0.3, 0.4) is 0 Å². The Morgan fingerprint density at radius 1 is 0.967 bits per heavy atom. The molecule has 3 rings (SSSR count). The van der Waals surface area contributed by atoms with Crippen LogP contribution < -0.4 is 0 Å². The third kappa shape index (κ3) is 4.40. The van der Waals surface area contributed by atoms with E-state index in [2.05, 4.69) is 8.37 Å². The first-order valence-electron chi connectivity index (χ1n) is 8.65. The summed E-state index contributed by atoms with van der Waals surface area (Å²) < 4.78 is 91.0. The standard InChI is InChI=1S/C17H19NO9S3/c1-26-29(22,23)12-10-15-13-6-8-18(7-3-9-28(19,20)21)16(13)5-4-14(15)17(11-12)30(24,25)27-2/h4-5,8,10-11H,3,6-7,9H2,1-2H3/p+1. The van der Waals surface area contributed by atoms with Crippen LogP contribution in [0.5, 0.6) is 0 Å². The Hall–Kier alpha value is -1.90. The highest BCUT2D eigenvalue weighted by Crippen LogP contribution is 2.37. The summed E-state index contributed by atoms with van der Waals surface area (Å²) in [6.45, 7) is 0.303. The molecule has 10 nitrogen and oxygen atoms in total. The average Bonchev–Trinajstić information content (AvgIpc) is 3.09. The SMILES string of the molecule is COS(=O)(=O)c1cc(S(=O)(=O)OC)c2ccc3c(c2c1)CC=[N+]3CCCS(=O)(=O)O. The van der Waals surface area contributed by atoms with Gasteiger partial charge < -0.3 is 0 Å². The van der Waals surface area contributed by atoms with E-state index in [9.17, 15) is 25.3 Å². The second-order valence-corrected chi connectivity index (χ2v) is 11.5. The number of hydrogen-bond donors (Lipinski definition) is 1. The van der Waals surface area contributed by atoms with Gasteiger partial charge in [-0.15, -0.1) is 0 Å². The largest absolute Gasteiger partial charge is 0.297 e. The van der Waals surface area contributed by atoms with Crippen molar-refractivity contribution in [3.63, 3.8) is 0 Å². The van der Waals surface area contributed by atoms with Crippen LogP contribution in [0.2, 0.25) is 0 Å². The third-order valence-corrected chi connectivity index (χ3v) is 8.15. The molecule has 0 saturated heterocycles. The van der Waals surface area contributed by atoms with Crippen molar-refractivity contribution >= 4 is 53.0 Å². The first-order chi connectivity index (χ1) is 13.9. The maximum absolute atomic E-state index is 12.4. The Labute approximate surface area is 174 Å². The lowest BCUT2D eigenvalue weighted by molar-refractivity contribution is -0.432. The number of rotatable bonds is 8. The first-order valence-corrected chi connectivity index (χ1v) is 13.1. The Morgan fingerprint density at radius 2 is 1.63 bits per heavy atom. The summed E-state index contributed by atoms with van der Waals surface area (Å²) in [5.41, 5.74) is 1.37. The van der Waals surface area contributed by atoms with Crippen molar-refractivity contribution in [3.05, 3.63) is 29.8 Å². The van der Waals surface area contributed by atoms with E-state index in [-0.39, 0.29) is 16.2 Å².